The van der Waals surface area contributed by atoms with Gasteiger partial charge in [0, 0.05) is 18.1 Å². The molecule has 0 aliphatic rings. The van der Waals surface area contributed by atoms with Crippen molar-refractivity contribution in [2.45, 2.75) is 6.54 Å². The highest BCUT2D eigenvalue weighted by Gasteiger charge is 2.15. The monoisotopic (exact) mass is 317 g/mol. The number of carboxylic acid groups (broad SMARTS) is 1. The van der Waals surface area contributed by atoms with Crippen molar-refractivity contribution in [3.05, 3.63) is 47.8 Å². The fourth-order valence-electron chi connectivity index (χ4n) is 2.36. The summed E-state index contributed by atoms with van der Waals surface area (Å²) in [5, 5.41) is 12.5. The molecule has 0 unspecified atom stereocenters. The SMILES string of the molecule is NC(=O)c1[nH]cnc1NCc1cn(C(=O)O)c2ccc(F)cc12. The minimum absolute atomic E-state index is 0.109. The fourth-order valence-corrected chi connectivity index (χ4v) is 2.36. The molecule has 1 aromatic carbocycles. The van der Waals surface area contributed by atoms with Crippen molar-refractivity contribution < 1.29 is 19.1 Å². The number of imidazole rings is 1. The van der Waals surface area contributed by atoms with E-state index >= 15 is 0 Å². The van der Waals surface area contributed by atoms with E-state index < -0.39 is 17.8 Å². The second kappa shape index (κ2) is 5.44. The molecule has 0 atom stereocenters. The summed E-state index contributed by atoms with van der Waals surface area (Å²) in [4.78, 5) is 29.0. The number of benzene rings is 1. The Kier molecular flexibility index (Phi) is 3.45. The maximum absolute atomic E-state index is 13.5. The highest BCUT2D eigenvalue weighted by Crippen LogP contribution is 2.23. The van der Waals surface area contributed by atoms with E-state index in [0.717, 1.165) is 4.57 Å². The number of H-pyrrole nitrogens is 1. The average Bonchev–Trinajstić information content (AvgIpc) is 3.09. The number of carbonyl (C=O) groups excluding carboxylic acids is 1. The van der Waals surface area contributed by atoms with Crippen LogP contribution in [0.15, 0.2) is 30.7 Å². The van der Waals surface area contributed by atoms with Gasteiger partial charge in [-0.2, -0.15) is 0 Å². The summed E-state index contributed by atoms with van der Waals surface area (Å²) in [5.41, 5.74) is 6.22. The van der Waals surface area contributed by atoms with Crippen LogP contribution in [0, 0.1) is 5.82 Å². The molecule has 0 spiro atoms. The highest BCUT2D eigenvalue weighted by molar-refractivity contribution is 5.96. The number of hydrogen-bond donors (Lipinski definition) is 4. The van der Waals surface area contributed by atoms with Crippen LogP contribution < -0.4 is 11.1 Å². The number of rotatable bonds is 4. The van der Waals surface area contributed by atoms with Crippen LogP contribution in [0.5, 0.6) is 0 Å². The van der Waals surface area contributed by atoms with E-state index in [2.05, 4.69) is 15.3 Å². The zero-order chi connectivity index (χ0) is 16.6. The van der Waals surface area contributed by atoms with E-state index in [9.17, 15) is 19.1 Å². The summed E-state index contributed by atoms with van der Waals surface area (Å²) in [6.07, 6.45) is 1.52. The summed E-state index contributed by atoms with van der Waals surface area (Å²) in [5.74, 6) is -0.909. The number of hydrogen-bond acceptors (Lipinski definition) is 4. The van der Waals surface area contributed by atoms with Crippen molar-refractivity contribution in [3.8, 4) is 0 Å². The smallest absolute Gasteiger partial charge is 0.416 e. The molecule has 9 heteroatoms. The third-order valence-corrected chi connectivity index (χ3v) is 3.39. The lowest BCUT2D eigenvalue weighted by atomic mass is 10.1. The van der Waals surface area contributed by atoms with Gasteiger partial charge >= 0.3 is 6.09 Å². The Labute approximate surface area is 128 Å². The molecule has 3 rings (SSSR count). The number of anilines is 1. The van der Waals surface area contributed by atoms with Crippen molar-refractivity contribution in [1.29, 1.82) is 0 Å². The number of nitrogens with one attached hydrogen (secondary N) is 2. The predicted molar refractivity (Wildman–Crippen MR) is 79.8 cm³/mol. The van der Waals surface area contributed by atoms with Crippen LogP contribution >= 0.6 is 0 Å². The first-order chi connectivity index (χ1) is 11.0. The first-order valence-electron chi connectivity index (χ1n) is 6.57. The molecule has 5 N–H and O–H groups in total. The van der Waals surface area contributed by atoms with Gasteiger partial charge in [0.1, 0.15) is 11.5 Å². The van der Waals surface area contributed by atoms with Gasteiger partial charge in [0.15, 0.2) is 5.82 Å². The largest absolute Gasteiger partial charge is 0.464 e. The number of fused-ring (bicyclic) bond motifs is 1. The highest BCUT2D eigenvalue weighted by atomic mass is 19.1. The van der Waals surface area contributed by atoms with Crippen molar-refractivity contribution in [2.75, 3.05) is 5.32 Å². The van der Waals surface area contributed by atoms with E-state index in [0.29, 0.717) is 16.5 Å². The van der Waals surface area contributed by atoms with Gasteiger partial charge in [-0.05, 0) is 23.8 Å². The van der Waals surface area contributed by atoms with Crippen LogP contribution in [0.2, 0.25) is 0 Å². The summed E-state index contributed by atoms with van der Waals surface area (Å²) in [6.45, 7) is 0.144. The van der Waals surface area contributed by atoms with Crippen molar-refractivity contribution in [1.82, 2.24) is 14.5 Å². The first kappa shape index (κ1) is 14.6. The molecule has 0 aliphatic heterocycles. The fraction of sp³-hybridized carbons (Fsp3) is 0.0714. The van der Waals surface area contributed by atoms with Crippen LogP contribution in [0.3, 0.4) is 0 Å². The summed E-state index contributed by atoms with van der Waals surface area (Å²) < 4.78 is 14.5. The topological polar surface area (TPSA) is 126 Å². The molecule has 0 radical (unpaired) electrons. The van der Waals surface area contributed by atoms with Crippen LogP contribution in [-0.4, -0.2) is 31.6 Å². The summed E-state index contributed by atoms with van der Waals surface area (Å²) >= 11 is 0. The Morgan fingerprint density at radius 1 is 1.43 bits per heavy atom. The third-order valence-electron chi connectivity index (χ3n) is 3.39. The molecule has 23 heavy (non-hydrogen) atoms. The van der Waals surface area contributed by atoms with Crippen molar-refractivity contribution >= 4 is 28.7 Å². The first-order valence-corrected chi connectivity index (χ1v) is 6.57. The van der Waals surface area contributed by atoms with E-state index in [4.69, 9.17) is 5.73 Å². The molecule has 0 bridgehead atoms. The van der Waals surface area contributed by atoms with E-state index in [1.807, 2.05) is 0 Å². The number of aromatic amines is 1. The second-order valence-electron chi connectivity index (χ2n) is 4.81. The van der Waals surface area contributed by atoms with Crippen molar-refractivity contribution in [3.63, 3.8) is 0 Å². The molecule has 3 aromatic rings. The Morgan fingerprint density at radius 3 is 2.91 bits per heavy atom. The lowest BCUT2D eigenvalue weighted by Crippen LogP contribution is -2.14. The van der Waals surface area contributed by atoms with E-state index in [1.165, 1.54) is 30.7 Å². The van der Waals surface area contributed by atoms with Gasteiger partial charge in [-0.3, -0.25) is 9.36 Å². The molecule has 0 saturated heterocycles. The standard InChI is InChI=1S/C14H12FN5O3/c15-8-1-2-10-9(3-8)7(5-20(10)14(22)23)4-17-13-11(12(16)21)18-6-19-13/h1-3,5-6,17H,4H2,(H2,16,21)(H,18,19)(H,22,23). The molecule has 0 fully saturated rings. The number of carbonyl (C=O) groups is 2. The van der Waals surface area contributed by atoms with Gasteiger partial charge in [-0.15, -0.1) is 0 Å². The molecule has 8 nitrogen and oxygen atoms in total. The number of primary amides is 1. The Hall–Kier alpha value is -3.36. The zero-order valence-electron chi connectivity index (χ0n) is 11.7. The van der Waals surface area contributed by atoms with Gasteiger partial charge in [0.25, 0.3) is 5.91 Å². The molecular formula is C14H12FN5O3. The minimum Gasteiger partial charge on any atom is -0.464 e. The maximum Gasteiger partial charge on any atom is 0.416 e. The van der Waals surface area contributed by atoms with Gasteiger partial charge in [-0.25, -0.2) is 14.2 Å². The van der Waals surface area contributed by atoms with Gasteiger partial charge in [-0.1, -0.05) is 0 Å². The number of nitrogens with two attached hydrogens (primary N) is 1. The predicted octanol–water partition coefficient (Wildman–Crippen LogP) is 1.74. The van der Waals surface area contributed by atoms with Crippen LogP contribution in [-0.2, 0) is 6.54 Å². The van der Waals surface area contributed by atoms with E-state index in [-0.39, 0.29) is 18.1 Å². The number of aromatic nitrogens is 3. The molecule has 118 valence electrons. The zero-order valence-corrected chi connectivity index (χ0v) is 11.7. The third kappa shape index (κ3) is 2.59. The van der Waals surface area contributed by atoms with Gasteiger partial charge < -0.3 is 21.1 Å². The Bertz CT molecular complexity index is 914. The van der Waals surface area contributed by atoms with Crippen molar-refractivity contribution in [2.24, 2.45) is 5.73 Å². The second-order valence-corrected chi connectivity index (χ2v) is 4.81. The van der Waals surface area contributed by atoms with Crippen LogP contribution in [0.1, 0.15) is 16.1 Å². The van der Waals surface area contributed by atoms with Gasteiger partial charge in [0.2, 0.25) is 0 Å². The maximum atomic E-state index is 13.5. The van der Waals surface area contributed by atoms with Crippen LogP contribution in [0.25, 0.3) is 10.9 Å². The van der Waals surface area contributed by atoms with E-state index in [1.54, 1.807) is 0 Å². The number of halogens is 1. The summed E-state index contributed by atoms with van der Waals surface area (Å²) in [6, 6.07) is 3.84. The summed E-state index contributed by atoms with van der Waals surface area (Å²) in [7, 11) is 0. The quantitative estimate of drug-likeness (QED) is 0.583. The molecule has 0 aliphatic carbocycles. The lowest BCUT2D eigenvalue weighted by molar-refractivity contribution is 0.0996. The van der Waals surface area contributed by atoms with Crippen LogP contribution in [0.4, 0.5) is 15.0 Å². The molecule has 2 aromatic heterocycles. The number of amides is 1. The normalized spacial score (nSPS) is 10.8. The number of nitrogens with zero attached hydrogens (tertiary/aromatic N) is 2. The molecule has 0 saturated carbocycles. The Morgan fingerprint density at radius 2 is 2.22 bits per heavy atom. The average molecular weight is 317 g/mol. The molecular weight excluding hydrogens is 305 g/mol. The minimum atomic E-state index is -1.18. The Balaban J connectivity index is 1.96. The molecule has 2 heterocycles. The molecule has 1 amide bonds. The van der Waals surface area contributed by atoms with Gasteiger partial charge in [0.05, 0.1) is 11.8 Å². The lowest BCUT2D eigenvalue weighted by Gasteiger charge is -2.03.